The molecule has 2 rings (SSSR count). The molecule has 1 aromatic rings. The van der Waals surface area contributed by atoms with Crippen molar-refractivity contribution in [3.05, 3.63) is 22.4 Å². The fourth-order valence-corrected chi connectivity index (χ4v) is 2.39. The van der Waals surface area contributed by atoms with Gasteiger partial charge in [0, 0.05) is 16.9 Å². The Morgan fingerprint density at radius 1 is 1.47 bits per heavy atom. The maximum absolute atomic E-state index is 11.6. The summed E-state index contributed by atoms with van der Waals surface area (Å²) in [5, 5.41) is 4.02. The molecule has 17 heavy (non-hydrogen) atoms. The Labute approximate surface area is 109 Å². The van der Waals surface area contributed by atoms with Gasteiger partial charge >= 0.3 is 0 Å². The lowest BCUT2D eigenvalue weighted by atomic mass is 9.90. The van der Waals surface area contributed by atoms with Crippen molar-refractivity contribution in [1.29, 1.82) is 0 Å². The molecule has 2 N–H and O–H groups in total. The fourth-order valence-electron chi connectivity index (χ4n) is 2.04. The average Bonchev–Trinajstić information content (AvgIpc) is 2.77. The molecule has 1 aliphatic rings. The second kappa shape index (κ2) is 6.00. The number of nitrogens with one attached hydrogen (secondary N) is 2. The minimum absolute atomic E-state index is 0.206. The molecule has 0 radical (unpaired) electrons. The molecule has 1 heterocycles. The van der Waals surface area contributed by atoms with E-state index in [1.165, 1.54) is 32.1 Å². The van der Waals surface area contributed by atoms with Crippen LogP contribution in [0.3, 0.4) is 0 Å². The number of aromatic nitrogens is 1. The molecule has 1 fully saturated rings. The highest BCUT2D eigenvalue weighted by Crippen LogP contribution is 2.21. The standard InChI is InChI=1S/C12H16BrN3O/c13-10-6-11(14-8-10)12(17)16-15-7-9-4-2-1-3-5-9/h6-9,14H,1-5H2,(H,16,17)/b15-7-. The Bertz CT molecular complexity index is 408. The smallest absolute Gasteiger partial charge is 0.287 e. The summed E-state index contributed by atoms with van der Waals surface area (Å²) in [5.41, 5.74) is 3.05. The number of hydrazone groups is 1. The monoisotopic (exact) mass is 297 g/mol. The van der Waals surface area contributed by atoms with Gasteiger partial charge in [-0.1, -0.05) is 19.3 Å². The van der Waals surface area contributed by atoms with Crippen molar-refractivity contribution in [2.75, 3.05) is 0 Å². The predicted octanol–water partition coefficient (Wildman–Crippen LogP) is 3.07. The van der Waals surface area contributed by atoms with Crippen molar-refractivity contribution in [3.8, 4) is 0 Å². The van der Waals surface area contributed by atoms with Crippen LogP contribution in [0, 0.1) is 5.92 Å². The zero-order valence-corrected chi connectivity index (χ0v) is 11.2. The Kier molecular flexibility index (Phi) is 4.36. The summed E-state index contributed by atoms with van der Waals surface area (Å²) >= 11 is 3.28. The lowest BCUT2D eigenvalue weighted by Crippen LogP contribution is -2.19. The van der Waals surface area contributed by atoms with Crippen LogP contribution < -0.4 is 5.43 Å². The van der Waals surface area contributed by atoms with Crippen molar-refractivity contribution < 1.29 is 4.79 Å². The van der Waals surface area contributed by atoms with Crippen molar-refractivity contribution in [3.63, 3.8) is 0 Å². The van der Waals surface area contributed by atoms with Crippen molar-refractivity contribution in [2.45, 2.75) is 32.1 Å². The van der Waals surface area contributed by atoms with Crippen molar-refractivity contribution in [2.24, 2.45) is 11.0 Å². The van der Waals surface area contributed by atoms with Crippen molar-refractivity contribution >= 4 is 28.1 Å². The quantitative estimate of drug-likeness (QED) is 0.654. The SMILES string of the molecule is O=C(N/N=C\C1CCCCC1)c1cc(Br)c[nH]1. The van der Waals surface area contributed by atoms with Crippen LogP contribution in [0.5, 0.6) is 0 Å². The van der Waals surface area contributed by atoms with E-state index < -0.39 is 0 Å². The summed E-state index contributed by atoms with van der Waals surface area (Å²) in [7, 11) is 0. The van der Waals surface area contributed by atoms with Crippen LogP contribution >= 0.6 is 15.9 Å². The van der Waals surface area contributed by atoms with Gasteiger partial charge in [-0.25, -0.2) is 5.43 Å². The predicted molar refractivity (Wildman–Crippen MR) is 71.0 cm³/mol. The summed E-state index contributed by atoms with van der Waals surface area (Å²) in [4.78, 5) is 14.5. The van der Waals surface area contributed by atoms with Crippen LogP contribution in [0.15, 0.2) is 21.8 Å². The Morgan fingerprint density at radius 2 is 2.24 bits per heavy atom. The van der Waals surface area contributed by atoms with Gasteiger partial charge in [-0.2, -0.15) is 5.10 Å². The third-order valence-corrected chi connectivity index (χ3v) is 3.45. The summed E-state index contributed by atoms with van der Waals surface area (Å²) in [6, 6.07) is 1.73. The van der Waals surface area contributed by atoms with E-state index in [0.29, 0.717) is 11.6 Å². The molecule has 1 amide bonds. The van der Waals surface area contributed by atoms with Crippen LogP contribution in [0.2, 0.25) is 0 Å². The zero-order chi connectivity index (χ0) is 12.1. The Balaban J connectivity index is 1.81. The maximum atomic E-state index is 11.6. The van der Waals surface area contributed by atoms with E-state index in [1.54, 1.807) is 12.3 Å². The first kappa shape index (κ1) is 12.4. The first-order valence-corrected chi connectivity index (χ1v) is 6.72. The van der Waals surface area contributed by atoms with Crippen LogP contribution in [0.25, 0.3) is 0 Å². The van der Waals surface area contributed by atoms with E-state index in [0.717, 1.165) is 4.47 Å². The number of carbonyl (C=O) groups excluding carboxylic acids is 1. The molecule has 0 spiro atoms. The number of amides is 1. The number of halogens is 1. The molecule has 0 unspecified atom stereocenters. The van der Waals surface area contributed by atoms with E-state index in [9.17, 15) is 4.79 Å². The maximum Gasteiger partial charge on any atom is 0.287 e. The van der Waals surface area contributed by atoms with Crippen LogP contribution in [0.1, 0.15) is 42.6 Å². The summed E-state index contributed by atoms with van der Waals surface area (Å²) in [6.45, 7) is 0. The third kappa shape index (κ3) is 3.70. The van der Waals surface area contributed by atoms with Gasteiger partial charge < -0.3 is 4.98 Å². The number of nitrogens with zero attached hydrogens (tertiary/aromatic N) is 1. The van der Waals surface area contributed by atoms with Crippen molar-refractivity contribution in [1.82, 2.24) is 10.4 Å². The van der Waals surface area contributed by atoms with E-state index >= 15 is 0 Å². The minimum Gasteiger partial charge on any atom is -0.356 e. The molecule has 92 valence electrons. The number of hydrogen-bond acceptors (Lipinski definition) is 2. The molecule has 0 aromatic carbocycles. The number of carbonyl (C=O) groups is 1. The molecule has 0 aliphatic heterocycles. The molecule has 4 nitrogen and oxygen atoms in total. The summed E-state index contributed by atoms with van der Waals surface area (Å²) < 4.78 is 0.860. The zero-order valence-electron chi connectivity index (χ0n) is 9.58. The Hall–Kier alpha value is -1.10. The number of rotatable bonds is 3. The second-order valence-electron chi connectivity index (χ2n) is 4.35. The summed E-state index contributed by atoms with van der Waals surface area (Å²) in [5.74, 6) is 0.321. The van der Waals surface area contributed by atoms with Crippen LogP contribution in [-0.2, 0) is 0 Å². The highest BCUT2D eigenvalue weighted by atomic mass is 79.9. The molecule has 0 saturated heterocycles. The second-order valence-corrected chi connectivity index (χ2v) is 5.26. The molecule has 1 aliphatic carbocycles. The first-order chi connectivity index (χ1) is 8.25. The fraction of sp³-hybridized carbons (Fsp3) is 0.500. The molecule has 1 aromatic heterocycles. The van der Waals surface area contributed by atoms with Gasteiger partial charge in [0.15, 0.2) is 0 Å². The van der Waals surface area contributed by atoms with Gasteiger partial charge in [-0.05, 0) is 40.8 Å². The van der Waals surface area contributed by atoms with E-state index in [1.807, 2.05) is 6.21 Å². The van der Waals surface area contributed by atoms with Gasteiger partial charge in [0.1, 0.15) is 5.69 Å². The van der Waals surface area contributed by atoms with Gasteiger partial charge in [0.05, 0.1) is 0 Å². The molecular weight excluding hydrogens is 282 g/mol. The highest BCUT2D eigenvalue weighted by molar-refractivity contribution is 9.10. The minimum atomic E-state index is -0.206. The largest absolute Gasteiger partial charge is 0.356 e. The third-order valence-electron chi connectivity index (χ3n) is 2.99. The Morgan fingerprint density at radius 3 is 2.88 bits per heavy atom. The van der Waals surface area contributed by atoms with Crippen LogP contribution in [-0.4, -0.2) is 17.1 Å². The average molecular weight is 298 g/mol. The topological polar surface area (TPSA) is 57.2 Å². The van der Waals surface area contributed by atoms with Gasteiger partial charge in [-0.15, -0.1) is 0 Å². The lowest BCUT2D eigenvalue weighted by molar-refractivity contribution is 0.0950. The van der Waals surface area contributed by atoms with Crippen LogP contribution in [0.4, 0.5) is 0 Å². The molecular formula is C12H16BrN3O. The lowest BCUT2D eigenvalue weighted by Gasteiger charge is -2.16. The van der Waals surface area contributed by atoms with Gasteiger partial charge in [-0.3, -0.25) is 4.79 Å². The summed E-state index contributed by atoms with van der Waals surface area (Å²) in [6.07, 6.45) is 9.84. The highest BCUT2D eigenvalue weighted by Gasteiger charge is 2.11. The van der Waals surface area contributed by atoms with Gasteiger partial charge in [0.25, 0.3) is 5.91 Å². The molecule has 5 heteroatoms. The van der Waals surface area contributed by atoms with Gasteiger partial charge in [0.2, 0.25) is 0 Å². The van der Waals surface area contributed by atoms with E-state index in [-0.39, 0.29) is 5.91 Å². The molecule has 0 bridgehead atoms. The molecule has 0 atom stereocenters. The number of aromatic amines is 1. The normalized spacial score (nSPS) is 17.5. The molecule has 1 saturated carbocycles. The number of hydrogen-bond donors (Lipinski definition) is 2. The van der Waals surface area contributed by atoms with E-state index in [2.05, 4.69) is 31.4 Å². The van der Waals surface area contributed by atoms with E-state index in [4.69, 9.17) is 0 Å². The number of H-pyrrole nitrogens is 1. The first-order valence-electron chi connectivity index (χ1n) is 5.93.